The van der Waals surface area contributed by atoms with Crippen LogP contribution in [0.15, 0.2) is 12.7 Å². The fourth-order valence-corrected chi connectivity index (χ4v) is 2.69. The molecule has 0 saturated heterocycles. The molecule has 0 unspecified atom stereocenters. The number of nitrogen functional groups attached to an aromatic ring is 1. The van der Waals surface area contributed by atoms with E-state index in [1.54, 1.807) is 6.33 Å². The van der Waals surface area contributed by atoms with E-state index in [1.165, 1.54) is 6.33 Å². The van der Waals surface area contributed by atoms with Crippen molar-refractivity contribution >= 4 is 24.6 Å². The molecule has 114 valence electrons. The molecule has 0 aliphatic heterocycles. The largest absolute Gasteiger partial charge is 0.382 e. The Balaban J connectivity index is 1.56. The van der Waals surface area contributed by atoms with E-state index in [4.69, 9.17) is 20.3 Å². The summed E-state index contributed by atoms with van der Waals surface area (Å²) in [7, 11) is -4.08. The second-order valence-corrected chi connectivity index (χ2v) is 6.84. The quantitative estimate of drug-likeness (QED) is 0.643. The molecule has 2 aromatic rings. The molecule has 2 aromatic heterocycles. The first-order valence-corrected chi connectivity index (χ1v) is 8.27. The van der Waals surface area contributed by atoms with Gasteiger partial charge in [0, 0.05) is 6.54 Å². The molecular formula is C11H16N5O4P. The van der Waals surface area contributed by atoms with Crippen molar-refractivity contribution in [3.63, 3.8) is 0 Å². The van der Waals surface area contributed by atoms with E-state index in [2.05, 4.69) is 15.0 Å². The first-order chi connectivity index (χ1) is 9.94. The zero-order chi connectivity index (χ0) is 15.0. The summed E-state index contributed by atoms with van der Waals surface area (Å²) in [5.41, 5.74) is 7.02. The van der Waals surface area contributed by atoms with Crippen LogP contribution in [0.25, 0.3) is 11.2 Å². The lowest BCUT2D eigenvalue weighted by atomic mass is 10.3. The lowest BCUT2D eigenvalue weighted by molar-refractivity contribution is 0.142. The topological polar surface area (TPSA) is 136 Å². The Hall–Kier alpha value is -1.54. The molecule has 2 heterocycles. The first kappa shape index (κ1) is 14.4. The molecule has 9 nitrogen and oxygen atoms in total. The summed E-state index contributed by atoms with van der Waals surface area (Å²) in [6.07, 6.45) is 3.53. The van der Waals surface area contributed by atoms with E-state index >= 15 is 0 Å². The van der Waals surface area contributed by atoms with Gasteiger partial charge in [0.25, 0.3) is 0 Å². The van der Waals surface area contributed by atoms with Crippen molar-refractivity contribution in [3.8, 4) is 0 Å². The Kier molecular flexibility index (Phi) is 3.66. The number of imidazole rings is 1. The molecule has 0 aromatic carbocycles. The number of nitrogens with zero attached hydrogens (tertiary/aromatic N) is 4. The van der Waals surface area contributed by atoms with Gasteiger partial charge < -0.3 is 24.8 Å². The second kappa shape index (κ2) is 5.34. The zero-order valence-electron chi connectivity index (χ0n) is 11.2. The van der Waals surface area contributed by atoms with Gasteiger partial charge in [0.15, 0.2) is 11.5 Å². The molecule has 1 fully saturated rings. The standard InChI is InChI=1S/C11H16N5O4P/c12-10-9-11(14-4-13-10)16(5-15-9)2-7-1-8(7)3-20-6-21(17,18)19/h4-5,7-8H,1-3,6H2,(H2,12,13,14)(H2,17,18,19)/t7-,8+/m1/s1. The number of ether oxygens (including phenoxy) is 1. The highest BCUT2D eigenvalue weighted by Crippen LogP contribution is 2.42. The summed E-state index contributed by atoms with van der Waals surface area (Å²) in [5.74, 6) is 1.07. The maximum absolute atomic E-state index is 10.7. The molecule has 4 N–H and O–H groups in total. The van der Waals surface area contributed by atoms with Crippen LogP contribution in [-0.2, 0) is 15.8 Å². The monoisotopic (exact) mass is 313 g/mol. The van der Waals surface area contributed by atoms with Crippen molar-refractivity contribution in [1.29, 1.82) is 0 Å². The Labute approximate surface area is 120 Å². The highest BCUT2D eigenvalue weighted by Gasteiger charge is 2.38. The van der Waals surface area contributed by atoms with Gasteiger partial charge in [0.2, 0.25) is 0 Å². The normalized spacial score (nSPS) is 21.8. The summed E-state index contributed by atoms with van der Waals surface area (Å²) in [6, 6.07) is 0. The molecule has 1 aliphatic carbocycles. The molecule has 1 saturated carbocycles. The number of aromatic nitrogens is 4. The molecule has 10 heteroatoms. The first-order valence-electron chi connectivity index (χ1n) is 6.47. The number of anilines is 1. The molecule has 3 rings (SSSR count). The van der Waals surface area contributed by atoms with Crippen LogP contribution < -0.4 is 5.73 Å². The summed E-state index contributed by atoms with van der Waals surface area (Å²) >= 11 is 0. The predicted octanol–water partition coefficient (Wildman–Crippen LogP) is 0.196. The Bertz CT molecular complexity index is 699. The van der Waals surface area contributed by atoms with E-state index in [0.717, 1.165) is 13.0 Å². The van der Waals surface area contributed by atoms with E-state index in [-0.39, 0.29) is 0 Å². The van der Waals surface area contributed by atoms with Crippen LogP contribution in [0.4, 0.5) is 5.82 Å². The zero-order valence-corrected chi connectivity index (χ0v) is 12.1. The molecule has 0 radical (unpaired) electrons. The Morgan fingerprint density at radius 1 is 1.38 bits per heavy atom. The van der Waals surface area contributed by atoms with Crippen LogP contribution in [0.2, 0.25) is 0 Å². The van der Waals surface area contributed by atoms with Gasteiger partial charge in [0.1, 0.15) is 18.2 Å². The minimum absolute atomic E-state index is 0.313. The smallest absolute Gasteiger partial charge is 0.350 e. The van der Waals surface area contributed by atoms with E-state index in [0.29, 0.717) is 35.4 Å². The fraction of sp³-hybridized carbons (Fsp3) is 0.545. The van der Waals surface area contributed by atoms with Crippen LogP contribution in [0.1, 0.15) is 6.42 Å². The van der Waals surface area contributed by atoms with Crippen molar-refractivity contribution in [2.75, 3.05) is 18.7 Å². The second-order valence-electron chi connectivity index (χ2n) is 5.25. The van der Waals surface area contributed by atoms with E-state index < -0.39 is 13.9 Å². The lowest BCUT2D eigenvalue weighted by Gasteiger charge is -2.06. The summed E-state index contributed by atoms with van der Waals surface area (Å²) < 4.78 is 17.6. The van der Waals surface area contributed by atoms with Crippen LogP contribution in [0.5, 0.6) is 0 Å². The molecule has 2 atom stereocenters. The third kappa shape index (κ3) is 3.38. The summed E-state index contributed by atoms with van der Waals surface area (Å²) in [5, 5.41) is 0. The molecule has 21 heavy (non-hydrogen) atoms. The Morgan fingerprint density at radius 2 is 2.19 bits per heavy atom. The van der Waals surface area contributed by atoms with Gasteiger partial charge in [-0.1, -0.05) is 0 Å². The molecule has 1 aliphatic rings. The van der Waals surface area contributed by atoms with Crippen molar-refractivity contribution < 1.29 is 19.1 Å². The number of nitrogens with two attached hydrogens (primary N) is 1. The molecule has 0 spiro atoms. The summed E-state index contributed by atoms with van der Waals surface area (Å²) in [4.78, 5) is 29.7. The maximum Gasteiger partial charge on any atom is 0.350 e. The highest BCUT2D eigenvalue weighted by atomic mass is 31.2. The van der Waals surface area contributed by atoms with Gasteiger partial charge in [-0.15, -0.1) is 0 Å². The van der Waals surface area contributed by atoms with Gasteiger partial charge in [-0.05, 0) is 18.3 Å². The van der Waals surface area contributed by atoms with Crippen molar-refractivity contribution in [2.45, 2.75) is 13.0 Å². The van der Waals surface area contributed by atoms with Gasteiger partial charge in [0.05, 0.1) is 12.9 Å². The lowest BCUT2D eigenvalue weighted by Crippen LogP contribution is -2.05. The van der Waals surface area contributed by atoms with E-state index in [1.807, 2.05) is 4.57 Å². The number of hydrogen-bond donors (Lipinski definition) is 3. The van der Waals surface area contributed by atoms with E-state index in [9.17, 15) is 4.57 Å². The van der Waals surface area contributed by atoms with Crippen LogP contribution >= 0.6 is 7.60 Å². The van der Waals surface area contributed by atoms with Crippen molar-refractivity contribution in [3.05, 3.63) is 12.7 Å². The maximum atomic E-state index is 10.7. The fourth-order valence-electron chi connectivity index (χ4n) is 2.35. The predicted molar refractivity (Wildman–Crippen MR) is 74.2 cm³/mol. The number of rotatable bonds is 6. The number of hydrogen-bond acceptors (Lipinski definition) is 6. The van der Waals surface area contributed by atoms with Crippen molar-refractivity contribution in [1.82, 2.24) is 19.5 Å². The van der Waals surface area contributed by atoms with Crippen LogP contribution in [0, 0.1) is 11.8 Å². The highest BCUT2D eigenvalue weighted by molar-refractivity contribution is 7.51. The molecule has 0 amide bonds. The van der Waals surface area contributed by atoms with Gasteiger partial charge in [-0.3, -0.25) is 4.57 Å². The molecule has 0 bridgehead atoms. The third-order valence-corrected chi connectivity index (χ3v) is 4.04. The van der Waals surface area contributed by atoms with Crippen molar-refractivity contribution in [2.24, 2.45) is 11.8 Å². The van der Waals surface area contributed by atoms with Gasteiger partial charge in [-0.25, -0.2) is 15.0 Å². The molecular weight excluding hydrogens is 297 g/mol. The number of fused-ring (bicyclic) bond motifs is 1. The average Bonchev–Trinajstić information content (AvgIpc) is 2.98. The minimum Gasteiger partial charge on any atom is -0.382 e. The average molecular weight is 313 g/mol. The SMILES string of the molecule is Nc1ncnc2c1ncn2C[C@H]1C[C@H]1COCP(=O)(O)O. The summed E-state index contributed by atoms with van der Waals surface area (Å²) in [6.45, 7) is 1.09. The van der Waals surface area contributed by atoms with Crippen LogP contribution in [-0.4, -0.2) is 42.3 Å². The minimum atomic E-state index is -4.08. The van der Waals surface area contributed by atoms with Gasteiger partial charge in [-0.2, -0.15) is 0 Å². The Morgan fingerprint density at radius 3 is 2.95 bits per heavy atom. The van der Waals surface area contributed by atoms with Crippen LogP contribution in [0.3, 0.4) is 0 Å². The third-order valence-electron chi connectivity index (χ3n) is 3.52. The van der Waals surface area contributed by atoms with Gasteiger partial charge >= 0.3 is 7.60 Å².